The van der Waals surface area contributed by atoms with Crippen molar-refractivity contribution >= 4 is 17.5 Å². The lowest BCUT2D eigenvalue weighted by Gasteiger charge is -2.13. The average Bonchev–Trinajstić information content (AvgIpc) is 2.72. The van der Waals surface area contributed by atoms with Crippen LogP contribution in [0.15, 0.2) is 24.3 Å². The predicted octanol–water partition coefficient (Wildman–Crippen LogP) is 3.09. The summed E-state index contributed by atoms with van der Waals surface area (Å²) >= 11 is 1.73. The van der Waals surface area contributed by atoms with Gasteiger partial charge in [0.05, 0.1) is 11.9 Å². The molecular weight excluding hydrogens is 232 g/mol. The molecule has 2 unspecified atom stereocenters. The number of ketones is 1. The van der Waals surface area contributed by atoms with E-state index in [9.17, 15) is 4.79 Å². The van der Waals surface area contributed by atoms with Crippen LogP contribution in [0.3, 0.4) is 0 Å². The lowest BCUT2D eigenvalue weighted by Crippen LogP contribution is -2.16. The van der Waals surface area contributed by atoms with Crippen molar-refractivity contribution in [2.75, 3.05) is 12.4 Å². The maximum Gasteiger partial charge on any atom is 0.172 e. The van der Waals surface area contributed by atoms with Crippen molar-refractivity contribution in [3.05, 3.63) is 35.4 Å². The highest BCUT2D eigenvalue weighted by atomic mass is 32.2. The summed E-state index contributed by atoms with van der Waals surface area (Å²) in [6.45, 7) is 4.90. The van der Waals surface area contributed by atoms with E-state index in [0.29, 0.717) is 11.0 Å². The maximum atomic E-state index is 12.1. The molecule has 0 amide bonds. The van der Waals surface area contributed by atoms with Crippen LogP contribution in [0, 0.1) is 6.92 Å². The van der Waals surface area contributed by atoms with Gasteiger partial charge in [-0.25, -0.2) is 0 Å². The third kappa shape index (κ3) is 3.11. The lowest BCUT2D eigenvalue weighted by atomic mass is 10.1. The van der Waals surface area contributed by atoms with E-state index in [4.69, 9.17) is 4.74 Å². The van der Waals surface area contributed by atoms with E-state index in [1.165, 1.54) is 0 Å². The van der Waals surface area contributed by atoms with Crippen LogP contribution >= 0.6 is 11.8 Å². The number of aryl methyl sites for hydroxylation is 1. The van der Waals surface area contributed by atoms with Crippen molar-refractivity contribution in [3.63, 3.8) is 0 Å². The number of Topliss-reactive ketones (excluding diaryl/α,β-unsaturated/α-hetero) is 1. The number of carbonyl (C=O) groups excluding carboxylic acids is 1. The Balaban J connectivity index is 1.91. The van der Waals surface area contributed by atoms with Crippen LogP contribution in [0.5, 0.6) is 0 Å². The standard InChI is InChI=1S/C14H18O2S/c1-10-5-3-4-6-12(10)13(15)9-17-14-7-8-16-11(14)2/h3-6,11,14H,7-9H2,1-2H3. The minimum atomic E-state index is 0.229. The molecule has 1 aliphatic rings. The molecule has 0 saturated carbocycles. The molecule has 2 atom stereocenters. The van der Waals surface area contributed by atoms with Gasteiger partial charge in [0.25, 0.3) is 0 Å². The molecule has 17 heavy (non-hydrogen) atoms. The van der Waals surface area contributed by atoms with Crippen LogP contribution in [-0.4, -0.2) is 29.5 Å². The fraction of sp³-hybridized carbons (Fsp3) is 0.500. The second kappa shape index (κ2) is 5.69. The molecule has 0 aliphatic carbocycles. The molecule has 1 aliphatic heterocycles. The van der Waals surface area contributed by atoms with Crippen LogP contribution in [-0.2, 0) is 4.74 Å². The van der Waals surface area contributed by atoms with Crippen molar-refractivity contribution in [1.82, 2.24) is 0 Å². The zero-order valence-electron chi connectivity index (χ0n) is 10.3. The van der Waals surface area contributed by atoms with E-state index in [1.807, 2.05) is 31.2 Å². The number of hydrogen-bond donors (Lipinski definition) is 0. The minimum absolute atomic E-state index is 0.229. The molecule has 0 aromatic heterocycles. The SMILES string of the molecule is Cc1ccccc1C(=O)CSC1CCOC1C. The Bertz CT molecular complexity index is 403. The predicted molar refractivity (Wildman–Crippen MR) is 71.8 cm³/mol. The zero-order valence-corrected chi connectivity index (χ0v) is 11.1. The quantitative estimate of drug-likeness (QED) is 0.768. The maximum absolute atomic E-state index is 12.1. The molecule has 0 bridgehead atoms. The summed E-state index contributed by atoms with van der Waals surface area (Å²) in [7, 11) is 0. The average molecular weight is 250 g/mol. The summed E-state index contributed by atoms with van der Waals surface area (Å²) in [5, 5.41) is 0.475. The van der Waals surface area contributed by atoms with Crippen LogP contribution in [0.25, 0.3) is 0 Å². The molecule has 2 rings (SSSR count). The fourth-order valence-corrected chi connectivity index (χ4v) is 3.21. The number of benzene rings is 1. The van der Waals surface area contributed by atoms with Gasteiger partial charge in [0.2, 0.25) is 0 Å². The summed E-state index contributed by atoms with van der Waals surface area (Å²) in [6, 6.07) is 7.78. The third-order valence-corrected chi connectivity index (χ3v) is 4.66. The fourth-order valence-electron chi connectivity index (χ4n) is 2.08. The van der Waals surface area contributed by atoms with Gasteiger partial charge in [0.15, 0.2) is 5.78 Å². The highest BCUT2D eigenvalue weighted by Gasteiger charge is 2.25. The smallest absolute Gasteiger partial charge is 0.172 e. The Hall–Kier alpha value is -0.800. The van der Waals surface area contributed by atoms with E-state index in [-0.39, 0.29) is 11.9 Å². The van der Waals surface area contributed by atoms with Crippen molar-refractivity contribution in [2.45, 2.75) is 31.6 Å². The van der Waals surface area contributed by atoms with E-state index < -0.39 is 0 Å². The van der Waals surface area contributed by atoms with Gasteiger partial charge in [-0.2, -0.15) is 0 Å². The monoisotopic (exact) mass is 250 g/mol. The first kappa shape index (κ1) is 12.7. The van der Waals surface area contributed by atoms with E-state index in [1.54, 1.807) is 11.8 Å². The minimum Gasteiger partial charge on any atom is -0.377 e. The van der Waals surface area contributed by atoms with E-state index in [2.05, 4.69) is 6.92 Å². The number of rotatable bonds is 4. The molecule has 1 aromatic rings. The van der Waals surface area contributed by atoms with E-state index >= 15 is 0 Å². The Kier molecular flexibility index (Phi) is 4.24. The van der Waals surface area contributed by atoms with Gasteiger partial charge in [0.1, 0.15) is 0 Å². The molecule has 1 aromatic carbocycles. The molecule has 0 radical (unpaired) electrons. The van der Waals surface area contributed by atoms with Gasteiger partial charge < -0.3 is 4.74 Å². The van der Waals surface area contributed by atoms with Crippen LogP contribution in [0.4, 0.5) is 0 Å². The molecule has 1 heterocycles. The van der Waals surface area contributed by atoms with Gasteiger partial charge in [-0.1, -0.05) is 24.3 Å². The van der Waals surface area contributed by atoms with Crippen molar-refractivity contribution in [1.29, 1.82) is 0 Å². The molecule has 2 nitrogen and oxygen atoms in total. The molecular formula is C14H18O2S. The van der Waals surface area contributed by atoms with Gasteiger partial charge in [-0.15, -0.1) is 11.8 Å². The van der Waals surface area contributed by atoms with Crippen molar-refractivity contribution < 1.29 is 9.53 Å². The first-order chi connectivity index (χ1) is 8.18. The van der Waals surface area contributed by atoms with Crippen molar-refractivity contribution in [2.24, 2.45) is 0 Å². The number of carbonyl (C=O) groups is 1. The highest BCUT2D eigenvalue weighted by Crippen LogP contribution is 2.27. The number of hydrogen-bond acceptors (Lipinski definition) is 3. The molecule has 0 spiro atoms. The second-order valence-corrected chi connectivity index (χ2v) is 5.68. The molecule has 0 N–H and O–H groups in total. The molecule has 92 valence electrons. The number of thioether (sulfide) groups is 1. The highest BCUT2D eigenvalue weighted by molar-refractivity contribution is 8.00. The summed E-state index contributed by atoms with van der Waals surface area (Å²) < 4.78 is 5.50. The van der Waals surface area contributed by atoms with Crippen LogP contribution in [0.1, 0.15) is 29.3 Å². The van der Waals surface area contributed by atoms with Gasteiger partial charge in [-0.05, 0) is 25.8 Å². The zero-order chi connectivity index (χ0) is 12.3. The number of ether oxygens (including phenoxy) is 1. The Morgan fingerprint density at radius 1 is 1.47 bits per heavy atom. The molecule has 3 heteroatoms. The van der Waals surface area contributed by atoms with Crippen LogP contribution in [0.2, 0.25) is 0 Å². The largest absolute Gasteiger partial charge is 0.377 e. The summed E-state index contributed by atoms with van der Waals surface area (Å²) in [5.74, 6) is 0.788. The van der Waals surface area contributed by atoms with Gasteiger partial charge >= 0.3 is 0 Å². The first-order valence-corrected chi connectivity index (χ1v) is 7.05. The second-order valence-electron chi connectivity index (χ2n) is 4.45. The summed E-state index contributed by atoms with van der Waals surface area (Å²) in [5.41, 5.74) is 1.92. The summed E-state index contributed by atoms with van der Waals surface area (Å²) in [4.78, 5) is 12.1. The topological polar surface area (TPSA) is 26.3 Å². The van der Waals surface area contributed by atoms with Gasteiger partial charge in [-0.3, -0.25) is 4.79 Å². The molecule has 1 fully saturated rings. The van der Waals surface area contributed by atoms with Crippen LogP contribution < -0.4 is 0 Å². The first-order valence-electron chi connectivity index (χ1n) is 6.00. The Morgan fingerprint density at radius 2 is 2.24 bits per heavy atom. The van der Waals surface area contributed by atoms with Crippen molar-refractivity contribution in [3.8, 4) is 0 Å². The van der Waals surface area contributed by atoms with Gasteiger partial charge in [0, 0.05) is 17.4 Å². The normalized spacial score (nSPS) is 23.9. The Labute approximate surface area is 107 Å². The third-order valence-electron chi connectivity index (χ3n) is 3.18. The Morgan fingerprint density at radius 3 is 2.88 bits per heavy atom. The van der Waals surface area contributed by atoms with E-state index in [0.717, 1.165) is 24.2 Å². The molecule has 1 saturated heterocycles. The lowest BCUT2D eigenvalue weighted by molar-refractivity contribution is 0.102. The summed E-state index contributed by atoms with van der Waals surface area (Å²) in [6.07, 6.45) is 1.34.